The second kappa shape index (κ2) is 19.7. The fraction of sp³-hybridized carbons (Fsp3) is 0.667. The number of rotatable bonds is 5. The summed E-state index contributed by atoms with van der Waals surface area (Å²) in [7, 11) is 1.34. The average molecular weight is 246 g/mol. The summed E-state index contributed by atoms with van der Waals surface area (Å²) in [5.74, 6) is -0.345. The number of hydrogen-bond donors (Lipinski definition) is 4. The Morgan fingerprint density at radius 1 is 1.29 bits per heavy atom. The number of nitrogens with two attached hydrogens (primary N) is 2. The molecule has 17 heavy (non-hydrogen) atoms. The maximum Gasteiger partial charge on any atom is 0.322 e. The van der Waals surface area contributed by atoms with E-state index in [9.17, 15) is 4.79 Å². The molecule has 8 heteroatoms. The van der Waals surface area contributed by atoms with E-state index >= 15 is 0 Å². The van der Waals surface area contributed by atoms with Crippen molar-refractivity contribution < 1.29 is 19.1 Å². The van der Waals surface area contributed by atoms with Crippen LogP contribution in [-0.2, 0) is 19.1 Å². The SMILES string of the molecule is COC(=O)C(N)CCCCN.N=C=O.N=C=O. The predicted octanol–water partition coefficient (Wildman–Crippen LogP) is -0.582. The minimum atomic E-state index is -0.480. The van der Waals surface area contributed by atoms with Crippen LogP contribution in [0.5, 0.6) is 0 Å². The third kappa shape index (κ3) is 24.9. The Morgan fingerprint density at radius 3 is 2.00 bits per heavy atom. The zero-order valence-corrected chi connectivity index (χ0v) is 9.69. The molecule has 0 saturated carbocycles. The van der Waals surface area contributed by atoms with Crippen molar-refractivity contribution in [3.05, 3.63) is 0 Å². The molecule has 1 unspecified atom stereocenters. The number of nitrogens with one attached hydrogen (secondary N) is 2. The zero-order valence-electron chi connectivity index (χ0n) is 9.69. The first-order valence-electron chi connectivity index (χ1n) is 4.66. The molecule has 0 spiro atoms. The number of carbonyl (C=O) groups excluding carboxylic acids is 3. The van der Waals surface area contributed by atoms with Crippen LogP contribution < -0.4 is 11.5 Å². The molecule has 0 rings (SSSR count). The molecule has 0 amide bonds. The highest BCUT2D eigenvalue weighted by Gasteiger charge is 2.11. The summed E-state index contributed by atoms with van der Waals surface area (Å²) < 4.78 is 4.45. The van der Waals surface area contributed by atoms with Crippen LogP contribution in [0.25, 0.3) is 0 Å². The number of esters is 1. The van der Waals surface area contributed by atoms with E-state index in [2.05, 4.69) is 4.74 Å². The lowest BCUT2D eigenvalue weighted by Crippen LogP contribution is -2.31. The molecule has 8 nitrogen and oxygen atoms in total. The number of methoxy groups -OCH3 is 1. The molecule has 1 atom stereocenters. The van der Waals surface area contributed by atoms with Crippen LogP contribution in [0, 0.1) is 10.8 Å². The summed E-state index contributed by atoms with van der Waals surface area (Å²) in [6, 6.07) is -0.480. The molecule has 0 radical (unpaired) electrons. The molecule has 6 N–H and O–H groups in total. The molecule has 0 bridgehead atoms. The van der Waals surface area contributed by atoms with Gasteiger partial charge in [-0.05, 0) is 19.4 Å². The summed E-state index contributed by atoms with van der Waals surface area (Å²) in [4.78, 5) is 27.4. The van der Waals surface area contributed by atoms with E-state index in [1.165, 1.54) is 7.11 Å². The number of carbonyl (C=O) groups is 1. The van der Waals surface area contributed by atoms with Crippen LogP contribution in [0.1, 0.15) is 19.3 Å². The largest absolute Gasteiger partial charge is 0.468 e. The maximum absolute atomic E-state index is 10.7. The van der Waals surface area contributed by atoms with E-state index in [1.807, 2.05) is 0 Å². The molecule has 0 aromatic carbocycles. The molecule has 98 valence electrons. The van der Waals surface area contributed by atoms with Crippen LogP contribution >= 0.6 is 0 Å². The smallest absolute Gasteiger partial charge is 0.322 e. The molecule has 0 heterocycles. The van der Waals surface area contributed by atoms with Crippen molar-refractivity contribution in [1.29, 1.82) is 10.8 Å². The molecule has 0 fully saturated rings. The van der Waals surface area contributed by atoms with Gasteiger partial charge in [0.1, 0.15) is 6.04 Å². The summed E-state index contributed by atoms with van der Waals surface area (Å²) >= 11 is 0. The van der Waals surface area contributed by atoms with Gasteiger partial charge in [0.15, 0.2) is 0 Å². The van der Waals surface area contributed by atoms with E-state index in [0.717, 1.165) is 25.0 Å². The molecule has 0 aliphatic carbocycles. The molecule has 0 aliphatic heterocycles. The third-order valence-electron chi connectivity index (χ3n) is 1.47. The molecular formula is C9H18N4O4. The first kappa shape index (κ1) is 20.5. The van der Waals surface area contributed by atoms with Gasteiger partial charge >= 0.3 is 5.97 Å². The van der Waals surface area contributed by atoms with Crippen molar-refractivity contribution in [3.8, 4) is 0 Å². The highest BCUT2D eigenvalue weighted by Crippen LogP contribution is 1.98. The van der Waals surface area contributed by atoms with Gasteiger partial charge in [-0.3, -0.25) is 4.79 Å². The third-order valence-corrected chi connectivity index (χ3v) is 1.47. The van der Waals surface area contributed by atoms with Crippen LogP contribution in [0.15, 0.2) is 0 Å². The zero-order chi connectivity index (χ0) is 14.1. The summed E-state index contributed by atoms with van der Waals surface area (Å²) in [5, 5.41) is 10.8. The van der Waals surface area contributed by atoms with Gasteiger partial charge in [0, 0.05) is 0 Å². The number of hydrogen-bond acceptors (Lipinski definition) is 8. The van der Waals surface area contributed by atoms with E-state index in [4.69, 9.17) is 31.9 Å². The van der Waals surface area contributed by atoms with E-state index in [-0.39, 0.29) is 5.97 Å². The van der Waals surface area contributed by atoms with E-state index in [0.29, 0.717) is 13.0 Å². The quantitative estimate of drug-likeness (QED) is 0.219. The molecule has 0 saturated heterocycles. The van der Waals surface area contributed by atoms with Crippen LogP contribution in [0.3, 0.4) is 0 Å². The summed E-state index contributed by atoms with van der Waals surface area (Å²) in [5.41, 5.74) is 10.7. The standard InChI is InChI=1S/C7H16N2O2.2CHNO/c1-11-7(10)6(9)4-2-3-5-8;2*2-1-3/h6H,2-5,8-9H2,1H3;2*2H. The Balaban J connectivity index is -0.000000273. The number of ether oxygens (including phenoxy) is 1. The Hall–Kier alpha value is -1.85. The van der Waals surface area contributed by atoms with Gasteiger partial charge in [-0.1, -0.05) is 6.42 Å². The normalized spacial score (nSPS) is 9.12. The Morgan fingerprint density at radius 2 is 1.71 bits per heavy atom. The lowest BCUT2D eigenvalue weighted by Gasteiger charge is -2.07. The number of isocyanates is 2. The fourth-order valence-corrected chi connectivity index (χ4v) is 0.778. The Kier molecular flexibility index (Phi) is 23.8. The van der Waals surface area contributed by atoms with Crippen LogP contribution in [-0.4, -0.2) is 37.8 Å². The topological polar surface area (TPSA) is 160 Å². The van der Waals surface area contributed by atoms with Gasteiger partial charge in [0.2, 0.25) is 12.2 Å². The van der Waals surface area contributed by atoms with Crippen molar-refractivity contribution in [3.63, 3.8) is 0 Å². The maximum atomic E-state index is 10.7. The predicted molar refractivity (Wildman–Crippen MR) is 59.7 cm³/mol. The van der Waals surface area contributed by atoms with Gasteiger partial charge < -0.3 is 16.2 Å². The second-order valence-corrected chi connectivity index (χ2v) is 2.62. The molecule has 0 aliphatic rings. The Labute approximate surface area is 99.3 Å². The van der Waals surface area contributed by atoms with Gasteiger partial charge in [-0.2, -0.15) is 0 Å². The minimum Gasteiger partial charge on any atom is -0.468 e. The van der Waals surface area contributed by atoms with Gasteiger partial charge in [0.05, 0.1) is 7.11 Å². The summed E-state index contributed by atoms with van der Waals surface area (Å²) in [6.07, 6.45) is 3.95. The second-order valence-electron chi connectivity index (χ2n) is 2.62. The van der Waals surface area contributed by atoms with Crippen molar-refractivity contribution in [1.82, 2.24) is 0 Å². The van der Waals surface area contributed by atoms with Crippen LogP contribution in [0.2, 0.25) is 0 Å². The van der Waals surface area contributed by atoms with Crippen LogP contribution in [0.4, 0.5) is 0 Å². The Bertz CT molecular complexity index is 233. The van der Waals surface area contributed by atoms with Crippen molar-refractivity contribution in [2.45, 2.75) is 25.3 Å². The van der Waals surface area contributed by atoms with Gasteiger partial charge in [0.25, 0.3) is 0 Å². The highest BCUT2D eigenvalue weighted by molar-refractivity contribution is 5.75. The highest BCUT2D eigenvalue weighted by atomic mass is 16.5. The fourth-order valence-electron chi connectivity index (χ4n) is 0.778. The molecule has 0 aromatic rings. The van der Waals surface area contributed by atoms with E-state index in [1.54, 1.807) is 0 Å². The lowest BCUT2D eigenvalue weighted by molar-refractivity contribution is -0.142. The average Bonchev–Trinajstić information content (AvgIpc) is 2.30. The summed E-state index contributed by atoms with van der Waals surface area (Å²) in [6.45, 7) is 0.647. The monoisotopic (exact) mass is 246 g/mol. The van der Waals surface area contributed by atoms with E-state index < -0.39 is 6.04 Å². The minimum absolute atomic E-state index is 0.345. The first-order valence-corrected chi connectivity index (χ1v) is 4.66. The van der Waals surface area contributed by atoms with Gasteiger partial charge in [-0.15, -0.1) is 0 Å². The number of unbranched alkanes of at least 4 members (excludes halogenated alkanes) is 1. The van der Waals surface area contributed by atoms with Crippen molar-refractivity contribution >= 4 is 18.1 Å². The molecular weight excluding hydrogens is 228 g/mol. The van der Waals surface area contributed by atoms with Crippen molar-refractivity contribution in [2.24, 2.45) is 11.5 Å². The lowest BCUT2D eigenvalue weighted by atomic mass is 10.1. The van der Waals surface area contributed by atoms with Gasteiger partial charge in [-0.25, -0.2) is 20.4 Å². The first-order chi connectivity index (χ1) is 8.05. The molecule has 0 aromatic heterocycles. The van der Waals surface area contributed by atoms with Crippen molar-refractivity contribution in [2.75, 3.05) is 13.7 Å².